The molecular weight excluding hydrogens is 342 g/mol. The fourth-order valence-electron chi connectivity index (χ4n) is 3.22. The second-order valence-electron chi connectivity index (χ2n) is 6.48. The molecule has 0 unspecified atom stereocenters. The maximum Gasteiger partial charge on any atom is 0.286 e. The van der Waals surface area contributed by atoms with Crippen LogP contribution >= 0.6 is 11.8 Å². The summed E-state index contributed by atoms with van der Waals surface area (Å²) in [4.78, 5) is 21.9. The van der Waals surface area contributed by atoms with E-state index in [2.05, 4.69) is 52.0 Å². The molecular formula is C21H21N3OS. The molecule has 1 fully saturated rings. The largest absolute Gasteiger partial charge is 0.368 e. The van der Waals surface area contributed by atoms with Gasteiger partial charge in [0.25, 0.3) is 5.91 Å². The Balaban J connectivity index is 1.42. The Hall–Kier alpha value is -2.53. The maximum absolute atomic E-state index is 12.3. The number of nitrogens with zero attached hydrogens (tertiary/aromatic N) is 3. The molecule has 2 aliphatic heterocycles. The molecule has 132 valence electrons. The van der Waals surface area contributed by atoms with Gasteiger partial charge in [0.2, 0.25) is 0 Å². The lowest BCUT2D eigenvalue weighted by atomic mass is 10.1. The Morgan fingerprint density at radius 2 is 1.58 bits per heavy atom. The van der Waals surface area contributed by atoms with E-state index in [-0.39, 0.29) is 5.91 Å². The van der Waals surface area contributed by atoms with Gasteiger partial charge >= 0.3 is 0 Å². The van der Waals surface area contributed by atoms with E-state index in [1.807, 2.05) is 30.3 Å². The van der Waals surface area contributed by atoms with Crippen LogP contribution in [0.4, 0.5) is 5.69 Å². The summed E-state index contributed by atoms with van der Waals surface area (Å²) in [5.74, 6) is -0.126. The standard InChI is InChI=1S/C21H21N3OS/c1-16-7-5-6-8-17(16)15-19-20(25)22-21(26-19)24-13-11-23(12-14-24)18-9-3-2-4-10-18/h2-10,15H,11-14H2,1H3/b19-15+. The number of carbonyl (C=O) groups is 1. The molecule has 0 spiro atoms. The Kier molecular flexibility index (Phi) is 4.80. The highest BCUT2D eigenvalue weighted by atomic mass is 32.2. The van der Waals surface area contributed by atoms with Gasteiger partial charge in [-0.1, -0.05) is 42.5 Å². The van der Waals surface area contributed by atoms with Gasteiger partial charge in [0.15, 0.2) is 5.17 Å². The first-order valence-corrected chi connectivity index (χ1v) is 9.65. The van der Waals surface area contributed by atoms with Crippen molar-refractivity contribution in [1.29, 1.82) is 0 Å². The molecule has 0 bridgehead atoms. The molecule has 0 aromatic heterocycles. The first-order chi connectivity index (χ1) is 12.7. The molecule has 26 heavy (non-hydrogen) atoms. The number of carbonyl (C=O) groups excluding carboxylic acids is 1. The number of amides is 1. The average Bonchev–Trinajstić information content (AvgIpc) is 3.05. The number of anilines is 1. The van der Waals surface area contributed by atoms with Crippen molar-refractivity contribution >= 4 is 34.6 Å². The zero-order valence-electron chi connectivity index (χ0n) is 14.8. The first-order valence-electron chi connectivity index (χ1n) is 8.84. The van der Waals surface area contributed by atoms with Crippen LogP contribution in [0.25, 0.3) is 6.08 Å². The normalized spacial score (nSPS) is 19.2. The monoisotopic (exact) mass is 363 g/mol. The van der Waals surface area contributed by atoms with Gasteiger partial charge < -0.3 is 9.80 Å². The molecule has 1 saturated heterocycles. The van der Waals surface area contributed by atoms with Crippen LogP contribution in [0.3, 0.4) is 0 Å². The van der Waals surface area contributed by atoms with Crippen molar-refractivity contribution in [2.24, 2.45) is 4.99 Å². The summed E-state index contributed by atoms with van der Waals surface area (Å²) < 4.78 is 0. The number of para-hydroxylation sites is 1. The summed E-state index contributed by atoms with van der Waals surface area (Å²) in [6.07, 6.45) is 1.96. The molecule has 2 aromatic carbocycles. The van der Waals surface area contributed by atoms with Gasteiger partial charge in [-0.15, -0.1) is 0 Å². The van der Waals surface area contributed by atoms with E-state index >= 15 is 0 Å². The van der Waals surface area contributed by atoms with E-state index in [4.69, 9.17) is 0 Å². The highest BCUT2D eigenvalue weighted by Crippen LogP contribution is 2.31. The van der Waals surface area contributed by atoms with Gasteiger partial charge in [-0.3, -0.25) is 4.79 Å². The molecule has 0 aliphatic carbocycles. The second kappa shape index (κ2) is 7.38. The first kappa shape index (κ1) is 16.9. The number of benzene rings is 2. The second-order valence-corrected chi connectivity index (χ2v) is 7.49. The van der Waals surface area contributed by atoms with Crippen molar-refractivity contribution in [2.45, 2.75) is 6.92 Å². The van der Waals surface area contributed by atoms with Gasteiger partial charge in [-0.05, 0) is 48.0 Å². The minimum absolute atomic E-state index is 0.126. The number of aliphatic imine (C=N–C) groups is 1. The Bertz CT molecular complexity index is 868. The van der Waals surface area contributed by atoms with Crippen molar-refractivity contribution in [1.82, 2.24) is 4.90 Å². The van der Waals surface area contributed by atoms with Crippen molar-refractivity contribution in [3.05, 3.63) is 70.6 Å². The SMILES string of the molecule is Cc1ccccc1/C=C1/SC(N2CCN(c3ccccc3)CC2)=NC1=O. The number of rotatable bonds is 2. The summed E-state index contributed by atoms with van der Waals surface area (Å²) >= 11 is 1.49. The van der Waals surface area contributed by atoms with E-state index < -0.39 is 0 Å². The fraction of sp³-hybridized carbons (Fsp3) is 0.238. The summed E-state index contributed by atoms with van der Waals surface area (Å²) in [5, 5.41) is 0.836. The van der Waals surface area contributed by atoms with Gasteiger partial charge in [0, 0.05) is 31.9 Å². The number of aryl methyl sites for hydroxylation is 1. The zero-order valence-corrected chi connectivity index (χ0v) is 15.6. The molecule has 4 rings (SSSR count). The van der Waals surface area contributed by atoms with Gasteiger partial charge in [-0.25, -0.2) is 0 Å². The number of piperazine rings is 1. The Morgan fingerprint density at radius 3 is 2.31 bits per heavy atom. The van der Waals surface area contributed by atoms with Gasteiger partial charge in [0.05, 0.1) is 4.91 Å². The number of amidine groups is 1. The van der Waals surface area contributed by atoms with E-state index in [1.165, 1.54) is 23.0 Å². The summed E-state index contributed by atoms with van der Waals surface area (Å²) in [6, 6.07) is 18.6. The molecule has 2 aromatic rings. The summed E-state index contributed by atoms with van der Waals surface area (Å²) in [7, 11) is 0. The van der Waals surface area contributed by atoms with E-state index in [9.17, 15) is 4.79 Å². The third-order valence-corrected chi connectivity index (χ3v) is 5.80. The zero-order chi connectivity index (χ0) is 17.9. The van der Waals surface area contributed by atoms with E-state index in [1.54, 1.807) is 0 Å². The average molecular weight is 363 g/mol. The highest BCUT2D eigenvalue weighted by molar-refractivity contribution is 8.18. The van der Waals surface area contributed by atoms with E-state index in [0.29, 0.717) is 4.91 Å². The maximum atomic E-state index is 12.3. The van der Waals surface area contributed by atoms with Crippen LogP contribution in [0.5, 0.6) is 0 Å². The predicted octanol–water partition coefficient (Wildman–Crippen LogP) is 3.79. The van der Waals surface area contributed by atoms with Crippen LogP contribution in [-0.2, 0) is 4.79 Å². The molecule has 5 heteroatoms. The van der Waals surface area contributed by atoms with Crippen molar-refractivity contribution < 1.29 is 4.79 Å². The molecule has 0 radical (unpaired) electrons. The van der Waals surface area contributed by atoms with Crippen molar-refractivity contribution in [3.63, 3.8) is 0 Å². The molecule has 4 nitrogen and oxygen atoms in total. The molecule has 0 atom stereocenters. The van der Waals surface area contributed by atoms with Crippen LogP contribution in [0, 0.1) is 6.92 Å². The molecule has 0 saturated carbocycles. The molecule has 2 heterocycles. The lowest BCUT2D eigenvalue weighted by molar-refractivity contribution is -0.113. The van der Waals surface area contributed by atoms with Crippen LogP contribution in [-0.4, -0.2) is 42.2 Å². The Morgan fingerprint density at radius 1 is 0.923 bits per heavy atom. The van der Waals surface area contributed by atoms with Gasteiger partial charge in [-0.2, -0.15) is 4.99 Å². The highest BCUT2D eigenvalue weighted by Gasteiger charge is 2.28. The lowest BCUT2D eigenvalue weighted by Crippen LogP contribution is -2.47. The number of thioether (sulfide) groups is 1. The van der Waals surface area contributed by atoms with Crippen LogP contribution < -0.4 is 4.90 Å². The lowest BCUT2D eigenvalue weighted by Gasteiger charge is -2.36. The fourth-order valence-corrected chi connectivity index (χ4v) is 4.17. The smallest absolute Gasteiger partial charge is 0.286 e. The number of hydrogen-bond acceptors (Lipinski definition) is 4. The third-order valence-electron chi connectivity index (χ3n) is 4.76. The van der Waals surface area contributed by atoms with Crippen molar-refractivity contribution in [3.8, 4) is 0 Å². The number of hydrogen-bond donors (Lipinski definition) is 0. The van der Waals surface area contributed by atoms with E-state index in [0.717, 1.165) is 36.9 Å². The van der Waals surface area contributed by atoms with Gasteiger partial charge in [0.1, 0.15) is 0 Å². The summed E-state index contributed by atoms with van der Waals surface area (Å²) in [6.45, 7) is 5.70. The Labute approximate surface area is 158 Å². The predicted molar refractivity (Wildman–Crippen MR) is 109 cm³/mol. The topological polar surface area (TPSA) is 35.9 Å². The van der Waals surface area contributed by atoms with Crippen molar-refractivity contribution in [2.75, 3.05) is 31.1 Å². The van der Waals surface area contributed by atoms with Crippen LogP contribution in [0.2, 0.25) is 0 Å². The summed E-state index contributed by atoms with van der Waals surface area (Å²) in [5.41, 5.74) is 3.50. The van der Waals surface area contributed by atoms with Crippen LogP contribution in [0.1, 0.15) is 11.1 Å². The minimum atomic E-state index is -0.126. The molecule has 0 N–H and O–H groups in total. The molecule has 1 amide bonds. The molecule has 2 aliphatic rings. The quantitative estimate of drug-likeness (QED) is 0.761. The minimum Gasteiger partial charge on any atom is -0.368 e. The third kappa shape index (κ3) is 3.53. The van der Waals surface area contributed by atoms with Crippen LogP contribution in [0.15, 0.2) is 64.5 Å².